The number of carbonyl (C=O) groups excluding carboxylic acids is 1. The number of aromatic nitrogens is 2. The van der Waals surface area contributed by atoms with Gasteiger partial charge in [-0.05, 0) is 50.4 Å². The van der Waals surface area contributed by atoms with Crippen molar-refractivity contribution in [2.45, 2.75) is 62.4 Å². The molecule has 9 nitrogen and oxygen atoms in total. The normalized spacial score (nSPS) is 25.1. The van der Waals surface area contributed by atoms with E-state index in [9.17, 15) is 13.6 Å². The highest BCUT2D eigenvalue weighted by atomic mass is 35.5. The summed E-state index contributed by atoms with van der Waals surface area (Å²) in [5.74, 6) is -1.37. The monoisotopic (exact) mass is 658 g/mol. The largest absolute Gasteiger partial charge is 0.474 e. The summed E-state index contributed by atoms with van der Waals surface area (Å²) < 4.78 is 57.5. The van der Waals surface area contributed by atoms with Gasteiger partial charge in [0, 0.05) is 31.0 Å². The van der Waals surface area contributed by atoms with Crippen molar-refractivity contribution < 1.29 is 27.4 Å². The van der Waals surface area contributed by atoms with E-state index in [-0.39, 0.29) is 67.6 Å². The van der Waals surface area contributed by atoms with E-state index in [0.29, 0.717) is 38.6 Å². The zero-order valence-corrected chi connectivity index (χ0v) is 25.6. The lowest BCUT2D eigenvalue weighted by atomic mass is 9.95. The van der Waals surface area contributed by atoms with Gasteiger partial charge in [0.05, 0.1) is 26.4 Å². The summed E-state index contributed by atoms with van der Waals surface area (Å²) in [4.78, 5) is 22.0. The smallest absolute Gasteiger partial charge is 0.320 e. The third kappa shape index (κ3) is 6.32. The van der Waals surface area contributed by atoms with Crippen LogP contribution in [-0.4, -0.2) is 64.8 Å². The maximum Gasteiger partial charge on any atom is 0.320 e. The van der Waals surface area contributed by atoms with Crippen molar-refractivity contribution >= 4 is 57.2 Å². The molecule has 3 aliphatic rings. The third-order valence-electron chi connectivity index (χ3n) is 8.68. The molecular formula is C31H30ClF3N6O3S. The minimum atomic E-state index is -0.945. The number of nitrogens with one attached hydrogen (secondary N) is 1. The number of alkyl halides is 1. The lowest BCUT2D eigenvalue weighted by Gasteiger charge is -2.30. The van der Waals surface area contributed by atoms with Crippen LogP contribution in [0.5, 0.6) is 11.9 Å². The standard InChI is InChI=1S/C31H30ClF3N6O3S/c32-23-11-22-27(26(35)21(23)3-1-4-24(34)25-9-17(13-36)28(37)45-25)39-30(40-29(22)44-20-6-5-19(10-20)38-16-42)43-15-31-7-2-8-41(31)14-18(33)12-31/h1,3-4,9,11,16,18-20H,2,5-8,10,12,14-15,37H2,(H,38,42)/b3-1+,24-4+/t18-,19+,20-,31+/m1/s1. The van der Waals surface area contributed by atoms with Gasteiger partial charge in [-0.1, -0.05) is 23.8 Å². The van der Waals surface area contributed by atoms with E-state index in [2.05, 4.69) is 20.2 Å². The molecule has 4 atom stereocenters. The number of fused-ring (bicyclic) bond motifs is 2. The van der Waals surface area contributed by atoms with Crippen LogP contribution in [0.15, 0.2) is 24.3 Å². The number of halogens is 4. The minimum absolute atomic E-state index is 0.0201. The molecule has 0 radical (unpaired) electrons. The number of thiophene rings is 1. The number of nitrogens with zero attached hydrogens (tertiary/aromatic N) is 4. The van der Waals surface area contributed by atoms with E-state index in [1.165, 1.54) is 24.3 Å². The van der Waals surface area contributed by atoms with Crippen molar-refractivity contribution in [2.75, 3.05) is 25.4 Å². The molecule has 3 N–H and O–H groups in total. The number of nitriles is 1. The molecule has 14 heteroatoms. The minimum Gasteiger partial charge on any atom is -0.474 e. The number of rotatable bonds is 10. The maximum absolute atomic E-state index is 16.1. The molecule has 2 aliphatic heterocycles. The van der Waals surface area contributed by atoms with E-state index < -0.39 is 23.4 Å². The molecule has 2 aromatic heterocycles. The van der Waals surface area contributed by atoms with Crippen molar-refractivity contribution in [1.29, 1.82) is 5.26 Å². The van der Waals surface area contributed by atoms with Crippen LogP contribution in [0.1, 0.15) is 54.5 Å². The van der Waals surface area contributed by atoms with Crippen LogP contribution >= 0.6 is 22.9 Å². The first-order valence-electron chi connectivity index (χ1n) is 14.6. The van der Waals surface area contributed by atoms with Crippen molar-refractivity contribution in [3.05, 3.63) is 51.1 Å². The lowest BCUT2D eigenvalue weighted by Crippen LogP contribution is -2.43. The molecule has 0 bridgehead atoms. The van der Waals surface area contributed by atoms with Gasteiger partial charge in [-0.2, -0.15) is 15.2 Å². The Balaban J connectivity index is 1.32. The van der Waals surface area contributed by atoms with Gasteiger partial charge < -0.3 is 20.5 Å². The number of allylic oxidation sites excluding steroid dienone is 2. The third-order valence-corrected chi connectivity index (χ3v) is 9.97. The van der Waals surface area contributed by atoms with Crippen molar-refractivity contribution in [3.8, 4) is 18.0 Å². The van der Waals surface area contributed by atoms with Gasteiger partial charge in [0.25, 0.3) is 0 Å². The molecule has 1 aliphatic carbocycles. The van der Waals surface area contributed by atoms with E-state index >= 15 is 4.39 Å². The van der Waals surface area contributed by atoms with Crippen LogP contribution in [0.2, 0.25) is 5.02 Å². The number of nitrogen functional groups attached to an aromatic ring is 1. The van der Waals surface area contributed by atoms with E-state index in [4.69, 9.17) is 32.1 Å². The van der Waals surface area contributed by atoms with Gasteiger partial charge in [0.2, 0.25) is 12.3 Å². The summed E-state index contributed by atoms with van der Waals surface area (Å²) in [5, 5.41) is 12.3. The van der Waals surface area contributed by atoms with Gasteiger partial charge in [-0.3, -0.25) is 9.69 Å². The van der Waals surface area contributed by atoms with Crippen molar-refractivity contribution in [1.82, 2.24) is 20.2 Å². The highest BCUT2D eigenvalue weighted by Gasteiger charge is 2.49. The molecule has 0 unspecified atom stereocenters. The zero-order chi connectivity index (χ0) is 31.7. The Morgan fingerprint density at radius 2 is 2.20 bits per heavy atom. The van der Waals surface area contributed by atoms with Crippen LogP contribution in [0, 0.1) is 17.1 Å². The van der Waals surface area contributed by atoms with Gasteiger partial charge >= 0.3 is 6.01 Å². The number of benzene rings is 1. The highest BCUT2D eigenvalue weighted by molar-refractivity contribution is 7.17. The Morgan fingerprint density at radius 3 is 2.98 bits per heavy atom. The number of amides is 1. The van der Waals surface area contributed by atoms with Gasteiger partial charge in [0.1, 0.15) is 41.3 Å². The zero-order valence-electron chi connectivity index (χ0n) is 24.1. The quantitative estimate of drug-likeness (QED) is 0.202. The first-order chi connectivity index (χ1) is 21.7. The molecule has 45 heavy (non-hydrogen) atoms. The topological polar surface area (TPSA) is 126 Å². The average Bonchev–Trinajstić information content (AvgIpc) is 3.78. The molecular weight excluding hydrogens is 629 g/mol. The summed E-state index contributed by atoms with van der Waals surface area (Å²) in [6.45, 7) is 1.27. The van der Waals surface area contributed by atoms with E-state index in [1.54, 1.807) is 0 Å². The Labute approximate surface area is 266 Å². The fraction of sp³-hybridized carbons (Fsp3) is 0.419. The van der Waals surface area contributed by atoms with Crippen molar-refractivity contribution in [3.63, 3.8) is 0 Å². The molecule has 1 amide bonds. The molecule has 4 heterocycles. The SMILES string of the molecule is N#Cc1cc(/C(F)=C\C=C\c2c(Cl)cc3c(O[C@@H]4CC[C@H](NC=O)C4)nc(OC[C@@]45CCCN4C[C@H](F)C5)nc3c2F)sc1N. The summed E-state index contributed by atoms with van der Waals surface area (Å²) in [7, 11) is 0. The van der Waals surface area contributed by atoms with Gasteiger partial charge in [-0.15, -0.1) is 11.3 Å². The number of nitrogens with two attached hydrogens (primary N) is 1. The van der Waals surface area contributed by atoms with E-state index in [0.717, 1.165) is 36.8 Å². The van der Waals surface area contributed by atoms with Gasteiger partial charge in [-0.25, -0.2) is 13.2 Å². The number of hydrogen-bond acceptors (Lipinski definition) is 9. The second kappa shape index (κ2) is 12.9. The van der Waals surface area contributed by atoms with Crippen LogP contribution in [0.4, 0.5) is 18.2 Å². The van der Waals surface area contributed by atoms with Crippen LogP contribution in [-0.2, 0) is 4.79 Å². The number of ether oxygens (including phenoxy) is 2. The Kier molecular flexibility index (Phi) is 8.90. The molecule has 0 spiro atoms. The Hall–Kier alpha value is -3.86. The number of anilines is 1. The van der Waals surface area contributed by atoms with Crippen LogP contribution in [0.25, 0.3) is 22.8 Å². The molecule has 1 saturated carbocycles. The van der Waals surface area contributed by atoms with Gasteiger partial charge in [0.15, 0.2) is 5.82 Å². The van der Waals surface area contributed by atoms with Crippen LogP contribution in [0.3, 0.4) is 0 Å². The Bertz CT molecular complexity index is 1730. The molecule has 236 valence electrons. The Morgan fingerprint density at radius 1 is 1.36 bits per heavy atom. The number of hydrogen-bond donors (Lipinski definition) is 2. The second-order valence-corrected chi connectivity index (χ2v) is 13.1. The molecule has 3 aromatic rings. The second-order valence-electron chi connectivity index (χ2n) is 11.6. The summed E-state index contributed by atoms with van der Waals surface area (Å²) >= 11 is 7.44. The average molecular weight is 659 g/mol. The highest BCUT2D eigenvalue weighted by Crippen LogP contribution is 2.41. The predicted octanol–water partition coefficient (Wildman–Crippen LogP) is 5.96. The summed E-state index contributed by atoms with van der Waals surface area (Å²) in [6, 6.07) is 4.55. The first-order valence-corrected chi connectivity index (χ1v) is 15.8. The van der Waals surface area contributed by atoms with Crippen LogP contribution < -0.4 is 20.5 Å². The molecule has 3 fully saturated rings. The fourth-order valence-corrected chi connectivity index (χ4v) is 7.54. The van der Waals surface area contributed by atoms with E-state index in [1.807, 2.05) is 6.07 Å². The maximum atomic E-state index is 16.1. The number of carbonyl (C=O) groups is 1. The molecule has 1 aromatic carbocycles. The predicted molar refractivity (Wildman–Crippen MR) is 166 cm³/mol. The first kappa shape index (κ1) is 31.1. The molecule has 2 saturated heterocycles. The summed E-state index contributed by atoms with van der Waals surface area (Å²) in [5.41, 5.74) is 5.29. The fourth-order valence-electron chi connectivity index (χ4n) is 6.49. The summed E-state index contributed by atoms with van der Waals surface area (Å²) in [6.07, 6.45) is 7.06. The van der Waals surface area contributed by atoms with Crippen molar-refractivity contribution in [2.24, 2.45) is 0 Å². The molecule has 6 rings (SSSR count). The lowest BCUT2D eigenvalue weighted by molar-refractivity contribution is -0.110.